The Hall–Kier alpha value is -1.62. The maximum absolute atomic E-state index is 11.3. The lowest BCUT2D eigenvalue weighted by Gasteiger charge is -2.22. The molecule has 22 heavy (non-hydrogen) atoms. The van der Waals surface area contributed by atoms with E-state index in [9.17, 15) is 9.59 Å². The Kier molecular flexibility index (Phi) is 5.77. The molecule has 0 fully saturated rings. The third-order valence-electron chi connectivity index (χ3n) is 3.48. The maximum atomic E-state index is 11.3. The van der Waals surface area contributed by atoms with Crippen LogP contribution >= 0.6 is 15.9 Å². The molecule has 1 aliphatic rings. The van der Waals surface area contributed by atoms with Crippen LogP contribution in [0.4, 0.5) is 0 Å². The monoisotopic (exact) mass is 366 g/mol. The fraction of sp³-hybridized carbons (Fsp3) is 0.412. The van der Waals surface area contributed by atoms with E-state index in [4.69, 9.17) is 9.47 Å². The Morgan fingerprint density at radius 1 is 1.09 bits per heavy atom. The average Bonchev–Trinajstić information content (AvgIpc) is 2.46. The molecule has 0 heterocycles. The van der Waals surface area contributed by atoms with Gasteiger partial charge in [-0.15, -0.1) is 0 Å². The fourth-order valence-electron chi connectivity index (χ4n) is 2.60. The molecule has 0 saturated carbocycles. The number of halogens is 1. The van der Waals surface area contributed by atoms with Crippen LogP contribution in [-0.2, 0) is 22.4 Å². The molecule has 1 aliphatic carbocycles. The second-order valence-electron chi connectivity index (χ2n) is 5.24. The standard InChI is InChI=1S/C17H19BrO4/c1-11(19)21-16-7-8-17(22-12(2)20)15-10-13(4-3-9-18)5-6-14(15)16/h5,7-8H,3-4,6,9-10H2,1-2H3. The van der Waals surface area contributed by atoms with Gasteiger partial charge in [0.1, 0.15) is 11.5 Å². The van der Waals surface area contributed by atoms with E-state index in [1.54, 1.807) is 12.1 Å². The topological polar surface area (TPSA) is 52.6 Å². The second-order valence-corrected chi connectivity index (χ2v) is 6.04. The molecule has 0 amide bonds. The summed E-state index contributed by atoms with van der Waals surface area (Å²) in [7, 11) is 0. The number of carbonyl (C=O) groups is 2. The van der Waals surface area contributed by atoms with Gasteiger partial charge in [0.15, 0.2) is 0 Å². The van der Waals surface area contributed by atoms with E-state index in [1.165, 1.54) is 19.4 Å². The lowest BCUT2D eigenvalue weighted by Crippen LogP contribution is -2.12. The predicted octanol–water partition coefficient (Wildman–Crippen LogP) is 3.74. The van der Waals surface area contributed by atoms with Crippen LogP contribution < -0.4 is 9.47 Å². The van der Waals surface area contributed by atoms with Gasteiger partial charge in [0.2, 0.25) is 0 Å². The van der Waals surface area contributed by atoms with Gasteiger partial charge in [-0.05, 0) is 37.8 Å². The van der Waals surface area contributed by atoms with E-state index in [1.807, 2.05) is 0 Å². The van der Waals surface area contributed by atoms with Crippen molar-refractivity contribution in [3.05, 3.63) is 34.9 Å². The molecule has 118 valence electrons. The van der Waals surface area contributed by atoms with E-state index in [-0.39, 0.29) is 11.9 Å². The molecule has 0 atom stereocenters. The van der Waals surface area contributed by atoms with Crippen LogP contribution in [0.3, 0.4) is 0 Å². The highest BCUT2D eigenvalue weighted by Crippen LogP contribution is 2.37. The maximum Gasteiger partial charge on any atom is 0.308 e. The summed E-state index contributed by atoms with van der Waals surface area (Å²) in [6.07, 6.45) is 5.65. The van der Waals surface area contributed by atoms with Gasteiger partial charge in [0.25, 0.3) is 0 Å². The first-order valence-corrected chi connectivity index (χ1v) is 8.39. The normalized spacial score (nSPS) is 13.1. The van der Waals surface area contributed by atoms with Crippen molar-refractivity contribution in [1.82, 2.24) is 0 Å². The zero-order valence-electron chi connectivity index (χ0n) is 12.8. The highest BCUT2D eigenvalue weighted by molar-refractivity contribution is 9.09. The molecule has 5 heteroatoms. The van der Waals surface area contributed by atoms with Gasteiger partial charge in [-0.3, -0.25) is 9.59 Å². The molecule has 0 bridgehead atoms. The Morgan fingerprint density at radius 2 is 1.68 bits per heavy atom. The molecule has 0 aromatic heterocycles. The lowest BCUT2D eigenvalue weighted by atomic mass is 9.88. The second kappa shape index (κ2) is 7.58. The molecule has 0 radical (unpaired) electrons. The van der Waals surface area contributed by atoms with E-state index in [2.05, 4.69) is 22.0 Å². The smallest absolute Gasteiger partial charge is 0.308 e. The van der Waals surface area contributed by atoms with Gasteiger partial charge in [-0.25, -0.2) is 0 Å². The Morgan fingerprint density at radius 3 is 2.23 bits per heavy atom. The van der Waals surface area contributed by atoms with E-state index in [0.717, 1.165) is 35.7 Å². The van der Waals surface area contributed by atoms with Crippen molar-refractivity contribution in [1.29, 1.82) is 0 Å². The van der Waals surface area contributed by atoms with E-state index >= 15 is 0 Å². The van der Waals surface area contributed by atoms with Gasteiger partial charge < -0.3 is 9.47 Å². The van der Waals surface area contributed by atoms with Crippen molar-refractivity contribution < 1.29 is 19.1 Å². The van der Waals surface area contributed by atoms with Crippen LogP contribution in [0.2, 0.25) is 0 Å². The van der Waals surface area contributed by atoms with Crippen LogP contribution in [0.1, 0.15) is 37.8 Å². The number of benzene rings is 1. The summed E-state index contributed by atoms with van der Waals surface area (Å²) in [5, 5.41) is 0.960. The molecule has 0 spiro atoms. The third-order valence-corrected chi connectivity index (χ3v) is 4.04. The minimum atomic E-state index is -0.350. The minimum absolute atomic E-state index is 0.348. The molecule has 1 aromatic carbocycles. The van der Waals surface area contributed by atoms with Crippen LogP contribution in [-0.4, -0.2) is 17.3 Å². The zero-order chi connectivity index (χ0) is 16.1. The summed E-state index contributed by atoms with van der Waals surface area (Å²) >= 11 is 3.44. The average molecular weight is 367 g/mol. The lowest BCUT2D eigenvalue weighted by molar-refractivity contribution is -0.133. The summed E-state index contributed by atoms with van der Waals surface area (Å²) < 4.78 is 10.6. The Bertz CT molecular complexity index is 619. The van der Waals surface area contributed by atoms with Crippen LogP contribution in [0.5, 0.6) is 11.5 Å². The molecule has 1 aromatic rings. The van der Waals surface area contributed by atoms with Crippen molar-refractivity contribution in [3.63, 3.8) is 0 Å². The number of hydrogen-bond donors (Lipinski definition) is 0. The van der Waals surface area contributed by atoms with Crippen molar-refractivity contribution >= 4 is 27.9 Å². The van der Waals surface area contributed by atoms with Crippen molar-refractivity contribution in [2.24, 2.45) is 0 Å². The molecular formula is C17H19BrO4. The summed E-state index contributed by atoms with van der Waals surface area (Å²) in [5.74, 6) is 0.410. The zero-order valence-corrected chi connectivity index (χ0v) is 14.4. The van der Waals surface area contributed by atoms with Gasteiger partial charge in [0.05, 0.1) is 0 Å². The largest absolute Gasteiger partial charge is 0.426 e. The number of ether oxygens (including phenoxy) is 2. The highest BCUT2D eigenvalue weighted by Gasteiger charge is 2.21. The summed E-state index contributed by atoms with van der Waals surface area (Å²) in [5.41, 5.74) is 3.19. The number of carbonyl (C=O) groups excluding carboxylic acids is 2. The molecule has 4 nitrogen and oxygen atoms in total. The van der Waals surface area contributed by atoms with Crippen LogP contribution in [0.25, 0.3) is 0 Å². The highest BCUT2D eigenvalue weighted by atomic mass is 79.9. The molecule has 0 saturated heterocycles. The number of fused-ring (bicyclic) bond motifs is 1. The van der Waals surface area contributed by atoms with Crippen molar-refractivity contribution in [2.75, 3.05) is 5.33 Å². The van der Waals surface area contributed by atoms with E-state index in [0.29, 0.717) is 17.9 Å². The van der Waals surface area contributed by atoms with Gasteiger partial charge in [-0.2, -0.15) is 0 Å². The number of esters is 2. The molecule has 0 N–H and O–H groups in total. The molecule has 0 unspecified atom stereocenters. The SMILES string of the molecule is CC(=O)Oc1ccc(OC(C)=O)c2c1CC=C(CCCBr)C2. The first-order chi connectivity index (χ1) is 10.5. The van der Waals surface area contributed by atoms with Crippen molar-refractivity contribution in [2.45, 2.75) is 39.5 Å². The van der Waals surface area contributed by atoms with Crippen LogP contribution in [0, 0.1) is 0 Å². The summed E-state index contributed by atoms with van der Waals surface area (Å²) in [6.45, 7) is 2.77. The fourth-order valence-corrected chi connectivity index (χ4v) is 2.88. The molecule has 0 aliphatic heterocycles. The van der Waals surface area contributed by atoms with Gasteiger partial charge in [-0.1, -0.05) is 27.6 Å². The summed E-state index contributed by atoms with van der Waals surface area (Å²) in [4.78, 5) is 22.5. The molecule has 2 rings (SSSR count). The predicted molar refractivity (Wildman–Crippen MR) is 87.6 cm³/mol. The van der Waals surface area contributed by atoms with Crippen molar-refractivity contribution in [3.8, 4) is 11.5 Å². The molecular weight excluding hydrogens is 348 g/mol. The number of alkyl halides is 1. The minimum Gasteiger partial charge on any atom is -0.426 e. The number of hydrogen-bond acceptors (Lipinski definition) is 4. The Labute approximate surface area is 138 Å². The summed E-state index contributed by atoms with van der Waals surface area (Å²) in [6, 6.07) is 3.39. The van der Waals surface area contributed by atoms with Crippen LogP contribution in [0.15, 0.2) is 23.8 Å². The first-order valence-electron chi connectivity index (χ1n) is 7.26. The van der Waals surface area contributed by atoms with Gasteiger partial charge >= 0.3 is 11.9 Å². The number of allylic oxidation sites excluding steroid dienone is 2. The Balaban J connectivity index is 2.35. The first kappa shape index (κ1) is 16.7. The quantitative estimate of drug-likeness (QED) is 0.344. The third kappa shape index (κ3) is 4.19. The van der Waals surface area contributed by atoms with Gasteiger partial charge in [0, 0.05) is 30.3 Å². The number of rotatable bonds is 5. The van der Waals surface area contributed by atoms with E-state index < -0.39 is 0 Å².